The Bertz CT molecular complexity index is 463. The zero-order chi connectivity index (χ0) is 15.4. The molecule has 1 aromatic heterocycles. The predicted molar refractivity (Wildman–Crippen MR) is 88.7 cm³/mol. The topological polar surface area (TPSA) is 42.3 Å². The van der Waals surface area contributed by atoms with Crippen LogP contribution in [0.15, 0.2) is 4.47 Å². The highest BCUT2D eigenvalue weighted by Crippen LogP contribution is 2.24. The molecule has 21 heavy (non-hydrogen) atoms. The minimum atomic E-state index is 0.232. The molecule has 0 bridgehead atoms. The Morgan fingerprint density at radius 2 is 2.19 bits per heavy atom. The third kappa shape index (κ3) is 4.06. The number of hydrogen-bond donors (Lipinski definition) is 1. The van der Waals surface area contributed by atoms with Gasteiger partial charge in [0.2, 0.25) is 0 Å². The minimum absolute atomic E-state index is 0.232. The molecule has 0 aromatic carbocycles. The number of likely N-dealkylation sites (N-methyl/N-ethyl adjacent to an activating group) is 2. The molecular weight excluding hydrogens is 332 g/mol. The first kappa shape index (κ1) is 16.9. The van der Waals surface area contributed by atoms with E-state index in [1.807, 2.05) is 11.7 Å². The number of hydrogen-bond acceptors (Lipinski definition) is 4. The molecule has 0 saturated carbocycles. The number of aromatic nitrogens is 2. The third-order valence-corrected chi connectivity index (χ3v) is 5.04. The normalized spacial score (nSPS) is 21.7. The first-order valence-electron chi connectivity index (χ1n) is 7.80. The van der Waals surface area contributed by atoms with Gasteiger partial charge in [-0.15, -0.1) is 0 Å². The molecule has 2 heterocycles. The van der Waals surface area contributed by atoms with Crippen molar-refractivity contribution in [1.82, 2.24) is 20.0 Å². The Hall–Kier alpha value is -0.430. The van der Waals surface area contributed by atoms with E-state index in [1.165, 1.54) is 5.69 Å². The second-order valence-electron chi connectivity index (χ2n) is 5.72. The first-order valence-corrected chi connectivity index (χ1v) is 8.59. The van der Waals surface area contributed by atoms with Gasteiger partial charge < -0.3 is 15.0 Å². The standard InChI is InChI=1S/C15H27BrN4O/c1-5-11-15(16)13(20(4)18-11)9-12(17-6-2)14-10-19(3)7-8-21-14/h12,14,17H,5-10H2,1-4H3. The van der Waals surface area contributed by atoms with Crippen molar-refractivity contribution in [2.75, 3.05) is 33.3 Å². The molecule has 2 rings (SSSR count). The zero-order valence-corrected chi connectivity index (χ0v) is 15.1. The SMILES string of the molecule is CCNC(Cc1c(Br)c(CC)nn1C)C1CN(C)CCO1. The van der Waals surface area contributed by atoms with Gasteiger partial charge in [-0.3, -0.25) is 4.68 Å². The van der Waals surface area contributed by atoms with Crippen LogP contribution < -0.4 is 5.32 Å². The average molecular weight is 359 g/mol. The average Bonchev–Trinajstić information content (AvgIpc) is 2.74. The Morgan fingerprint density at radius 1 is 1.43 bits per heavy atom. The number of ether oxygens (including phenoxy) is 1. The fraction of sp³-hybridized carbons (Fsp3) is 0.800. The molecule has 0 amide bonds. The number of nitrogens with one attached hydrogen (secondary N) is 1. The lowest BCUT2D eigenvalue weighted by Gasteiger charge is -2.35. The Balaban J connectivity index is 2.14. The molecule has 1 N–H and O–H groups in total. The van der Waals surface area contributed by atoms with E-state index in [0.717, 1.165) is 49.2 Å². The summed E-state index contributed by atoms with van der Waals surface area (Å²) < 4.78 is 9.15. The molecule has 2 atom stereocenters. The Kier molecular flexibility index (Phi) is 6.22. The van der Waals surface area contributed by atoms with Gasteiger partial charge in [-0.1, -0.05) is 13.8 Å². The van der Waals surface area contributed by atoms with Crippen LogP contribution in [0, 0.1) is 0 Å². The summed E-state index contributed by atoms with van der Waals surface area (Å²) in [5.41, 5.74) is 2.37. The van der Waals surface area contributed by atoms with Gasteiger partial charge in [0.25, 0.3) is 0 Å². The van der Waals surface area contributed by atoms with Crippen molar-refractivity contribution in [3.8, 4) is 0 Å². The van der Waals surface area contributed by atoms with Gasteiger partial charge in [-0.25, -0.2) is 0 Å². The van der Waals surface area contributed by atoms with Gasteiger partial charge in [0.1, 0.15) is 0 Å². The summed E-state index contributed by atoms with van der Waals surface area (Å²) in [4.78, 5) is 2.34. The molecule has 6 heteroatoms. The summed E-state index contributed by atoms with van der Waals surface area (Å²) in [5.74, 6) is 0. The first-order chi connectivity index (χ1) is 10.1. The number of rotatable bonds is 6. The van der Waals surface area contributed by atoms with Crippen LogP contribution in [0.3, 0.4) is 0 Å². The van der Waals surface area contributed by atoms with Gasteiger partial charge >= 0.3 is 0 Å². The molecular formula is C15H27BrN4O. The summed E-state index contributed by atoms with van der Waals surface area (Å²) in [6.45, 7) is 8.05. The Morgan fingerprint density at radius 3 is 2.76 bits per heavy atom. The molecule has 1 saturated heterocycles. The van der Waals surface area contributed by atoms with Crippen LogP contribution in [0.4, 0.5) is 0 Å². The molecule has 1 aliphatic rings. The number of morpholine rings is 1. The minimum Gasteiger partial charge on any atom is -0.374 e. The van der Waals surface area contributed by atoms with Crippen molar-refractivity contribution in [3.63, 3.8) is 0 Å². The smallest absolute Gasteiger partial charge is 0.0858 e. The van der Waals surface area contributed by atoms with Crippen molar-refractivity contribution in [2.45, 2.75) is 38.8 Å². The van der Waals surface area contributed by atoms with Gasteiger partial charge in [-0.05, 0) is 35.9 Å². The second kappa shape index (κ2) is 7.72. The summed E-state index contributed by atoms with van der Waals surface area (Å²) in [7, 11) is 4.18. The lowest BCUT2D eigenvalue weighted by Crippen LogP contribution is -2.52. The molecule has 120 valence electrons. The van der Waals surface area contributed by atoms with E-state index < -0.39 is 0 Å². The highest BCUT2D eigenvalue weighted by molar-refractivity contribution is 9.10. The Labute approximate surface area is 136 Å². The van der Waals surface area contributed by atoms with E-state index in [0.29, 0.717) is 6.04 Å². The van der Waals surface area contributed by atoms with Crippen LogP contribution in [0.5, 0.6) is 0 Å². The molecule has 0 radical (unpaired) electrons. The van der Waals surface area contributed by atoms with E-state index in [1.54, 1.807) is 0 Å². The van der Waals surface area contributed by atoms with Crippen LogP contribution in [-0.2, 0) is 24.6 Å². The third-order valence-electron chi connectivity index (χ3n) is 4.13. The fourth-order valence-electron chi connectivity index (χ4n) is 2.90. The molecule has 2 unspecified atom stereocenters. The highest BCUT2D eigenvalue weighted by atomic mass is 79.9. The predicted octanol–water partition coefficient (Wildman–Crippen LogP) is 1.60. The van der Waals surface area contributed by atoms with E-state index >= 15 is 0 Å². The molecule has 5 nitrogen and oxygen atoms in total. The number of halogens is 1. The molecule has 1 fully saturated rings. The van der Waals surface area contributed by atoms with E-state index in [-0.39, 0.29) is 6.10 Å². The monoisotopic (exact) mass is 358 g/mol. The van der Waals surface area contributed by atoms with Crippen LogP contribution in [0.2, 0.25) is 0 Å². The van der Waals surface area contributed by atoms with Crippen molar-refractivity contribution in [1.29, 1.82) is 0 Å². The van der Waals surface area contributed by atoms with Crippen molar-refractivity contribution in [2.24, 2.45) is 7.05 Å². The fourth-order valence-corrected chi connectivity index (χ4v) is 3.68. The van der Waals surface area contributed by atoms with Crippen LogP contribution in [0.25, 0.3) is 0 Å². The summed E-state index contributed by atoms with van der Waals surface area (Å²) >= 11 is 3.72. The maximum atomic E-state index is 6.00. The van der Waals surface area contributed by atoms with Gasteiger partial charge in [0.15, 0.2) is 0 Å². The summed E-state index contributed by atoms with van der Waals surface area (Å²) in [5, 5.41) is 8.18. The van der Waals surface area contributed by atoms with Crippen molar-refractivity contribution in [3.05, 3.63) is 15.9 Å². The quantitative estimate of drug-likeness (QED) is 0.838. The van der Waals surface area contributed by atoms with Gasteiger partial charge in [-0.2, -0.15) is 5.10 Å². The number of aryl methyl sites for hydroxylation is 2. The second-order valence-corrected chi connectivity index (χ2v) is 6.52. The van der Waals surface area contributed by atoms with Crippen molar-refractivity contribution >= 4 is 15.9 Å². The van der Waals surface area contributed by atoms with Crippen LogP contribution in [0.1, 0.15) is 25.2 Å². The molecule has 1 aliphatic heterocycles. The maximum absolute atomic E-state index is 6.00. The van der Waals surface area contributed by atoms with Gasteiger partial charge in [0, 0.05) is 32.6 Å². The lowest BCUT2D eigenvalue weighted by molar-refractivity contribution is -0.0384. The van der Waals surface area contributed by atoms with Crippen LogP contribution in [-0.4, -0.2) is 60.1 Å². The molecule has 1 aromatic rings. The maximum Gasteiger partial charge on any atom is 0.0858 e. The summed E-state index contributed by atoms with van der Waals surface area (Å²) in [6, 6.07) is 0.314. The van der Waals surface area contributed by atoms with Gasteiger partial charge in [0.05, 0.1) is 28.6 Å². The largest absolute Gasteiger partial charge is 0.374 e. The highest BCUT2D eigenvalue weighted by Gasteiger charge is 2.28. The molecule has 0 aliphatic carbocycles. The lowest BCUT2D eigenvalue weighted by atomic mass is 10.0. The number of nitrogens with zero attached hydrogens (tertiary/aromatic N) is 3. The summed E-state index contributed by atoms with van der Waals surface area (Å²) in [6.07, 6.45) is 2.11. The van der Waals surface area contributed by atoms with Crippen LogP contribution >= 0.6 is 15.9 Å². The zero-order valence-electron chi connectivity index (χ0n) is 13.5. The van der Waals surface area contributed by atoms with E-state index in [4.69, 9.17) is 4.74 Å². The van der Waals surface area contributed by atoms with E-state index in [2.05, 4.69) is 52.1 Å². The molecule has 0 spiro atoms. The van der Waals surface area contributed by atoms with Crippen molar-refractivity contribution < 1.29 is 4.74 Å². The van der Waals surface area contributed by atoms with E-state index in [9.17, 15) is 0 Å².